The molecule has 96 heavy (non-hydrogen) atoms. The van der Waals surface area contributed by atoms with Gasteiger partial charge in [0.2, 0.25) is 0 Å². The summed E-state index contributed by atoms with van der Waals surface area (Å²) in [5.74, 6) is 4.08. The number of rotatable bonds is 15. The normalized spacial score (nSPS) is 13.4. The molecule has 24 heteroatoms. The summed E-state index contributed by atoms with van der Waals surface area (Å²) in [5.41, 5.74) is 7.48. The molecule has 0 radical (unpaired) electrons. The van der Waals surface area contributed by atoms with Crippen molar-refractivity contribution in [3.63, 3.8) is 0 Å². The van der Waals surface area contributed by atoms with Crippen molar-refractivity contribution >= 4 is 59.2 Å². The molecule has 0 atom stereocenters. The van der Waals surface area contributed by atoms with Crippen molar-refractivity contribution in [1.29, 1.82) is 0 Å². The van der Waals surface area contributed by atoms with Crippen LogP contribution in [0.1, 0.15) is 163 Å². The topological polar surface area (TPSA) is 211 Å². The molecule has 12 bridgehead atoms. The fourth-order valence-electron chi connectivity index (χ4n) is 12.3. The molecule has 9 aromatic rings. The second-order valence-corrected chi connectivity index (χ2v) is 35.2. The number of nitrogens with zero attached hydrogens (tertiary/aromatic N) is 6. The lowest BCUT2D eigenvalue weighted by Crippen LogP contribution is -2.16. The van der Waals surface area contributed by atoms with Gasteiger partial charge < -0.3 is 42.1 Å². The summed E-state index contributed by atoms with van der Waals surface area (Å²) in [6.45, 7) is 18.7. The van der Waals surface area contributed by atoms with Gasteiger partial charge in [0, 0.05) is 162 Å². The molecule has 0 amide bonds. The average Bonchev–Trinajstić information content (AvgIpc) is 0.801. The molecule has 1 aliphatic carbocycles. The minimum Gasteiger partial charge on any atom is -0.496 e. The van der Waals surface area contributed by atoms with Crippen molar-refractivity contribution in [1.82, 2.24) is 28.7 Å². The molecular weight excluding hydrogens is 1340 g/mol. The first-order chi connectivity index (χ1) is 44.9. The Morgan fingerprint density at radius 3 is 0.677 bits per heavy atom. The fraction of sp³-hybridized carbons (Fsp3) is 0.375. The number of hydrogen-bond acceptors (Lipinski definition) is 15. The lowest BCUT2D eigenvalue weighted by atomic mass is 9.81. The predicted octanol–water partition coefficient (Wildman–Crippen LogP) is 14.2. The highest BCUT2D eigenvalue weighted by atomic mass is 35.7. The van der Waals surface area contributed by atoms with Crippen LogP contribution in [0.4, 0.5) is 0 Å². The summed E-state index contributed by atoms with van der Waals surface area (Å²) >= 11 is 0. The Kier molecular flexibility index (Phi) is 20.3. The SMILES string of the molecule is COc1c2cc(S(=O)(=O)Cl)cc1Cc1cc(C(C)(C)C)cc(c1OCc1nccn1C)Cc1cc(S(=O)(=O)Cl)cc(c1OC)Cc1cc(C(C)(C)C)cc(c1OCc1nccn1C)Cc1cc(S(=O)(=O)Cl)cc(c1OC)Cc1cc(C(C)(C)C)cc(c1OCc1nccn1C)C2. The number of aromatic nitrogens is 6. The second kappa shape index (κ2) is 27.4. The Bertz CT molecular complexity index is 4200. The van der Waals surface area contributed by atoms with Gasteiger partial charge in [-0.05, 0) is 103 Å². The number of imidazole rings is 3. The first-order valence-corrected chi connectivity index (χ1v) is 38.0. The minimum atomic E-state index is -4.46. The maximum absolute atomic E-state index is 14.0. The summed E-state index contributed by atoms with van der Waals surface area (Å²) in [5, 5.41) is 0. The van der Waals surface area contributed by atoms with E-state index in [-0.39, 0.29) is 73.0 Å². The number of ether oxygens (including phenoxy) is 6. The molecule has 0 aliphatic heterocycles. The molecule has 6 aromatic carbocycles. The van der Waals surface area contributed by atoms with Gasteiger partial charge >= 0.3 is 0 Å². The third kappa shape index (κ3) is 15.9. The summed E-state index contributed by atoms with van der Waals surface area (Å²) in [7, 11) is 16.1. The van der Waals surface area contributed by atoms with Crippen molar-refractivity contribution in [3.05, 3.63) is 211 Å². The monoisotopic (exact) mass is 1420 g/mol. The van der Waals surface area contributed by atoms with Gasteiger partial charge in [0.05, 0.1) is 36.0 Å². The van der Waals surface area contributed by atoms with Crippen LogP contribution in [0.5, 0.6) is 34.5 Å². The van der Waals surface area contributed by atoms with Crippen molar-refractivity contribution in [2.24, 2.45) is 21.1 Å². The van der Waals surface area contributed by atoms with Crippen LogP contribution in [0.3, 0.4) is 0 Å². The molecular formula is C72H81Cl3N6O12S3. The van der Waals surface area contributed by atoms with Crippen molar-refractivity contribution in [2.75, 3.05) is 21.3 Å². The molecule has 0 spiro atoms. The molecule has 0 saturated carbocycles. The van der Waals surface area contributed by atoms with Gasteiger partial charge in [0.15, 0.2) is 0 Å². The number of benzene rings is 6. The van der Waals surface area contributed by atoms with Crippen LogP contribution in [-0.4, -0.2) is 75.2 Å². The van der Waals surface area contributed by atoms with Gasteiger partial charge in [-0.3, -0.25) is 0 Å². The van der Waals surface area contributed by atoms with Gasteiger partial charge in [0.1, 0.15) is 71.8 Å². The highest BCUT2D eigenvalue weighted by Crippen LogP contribution is 2.46. The van der Waals surface area contributed by atoms with Crippen LogP contribution in [0.2, 0.25) is 0 Å². The minimum absolute atomic E-state index is 0.00515. The Balaban J connectivity index is 1.35. The van der Waals surface area contributed by atoms with Gasteiger partial charge in [0.25, 0.3) is 27.2 Å². The van der Waals surface area contributed by atoms with E-state index in [0.29, 0.717) is 119 Å². The van der Waals surface area contributed by atoms with Gasteiger partial charge in [-0.15, -0.1) is 0 Å². The zero-order valence-corrected chi connectivity index (χ0v) is 61.4. The van der Waals surface area contributed by atoms with Crippen molar-refractivity contribution in [2.45, 2.75) is 152 Å². The van der Waals surface area contributed by atoms with E-state index in [2.05, 4.69) is 77.3 Å². The third-order valence-electron chi connectivity index (χ3n) is 17.5. The smallest absolute Gasteiger partial charge is 0.261 e. The Morgan fingerprint density at radius 1 is 0.344 bits per heavy atom. The number of methoxy groups -OCH3 is 3. The molecule has 18 nitrogen and oxygen atoms in total. The summed E-state index contributed by atoms with van der Waals surface area (Å²) in [6.07, 6.45) is 10.6. The maximum atomic E-state index is 14.0. The zero-order valence-electron chi connectivity index (χ0n) is 56.7. The number of fused-ring (bicyclic) bond motifs is 12. The van der Waals surface area contributed by atoms with Crippen molar-refractivity contribution < 1.29 is 53.7 Å². The quantitative estimate of drug-likeness (QED) is 0.0874. The number of halogens is 3. The molecule has 1 aliphatic rings. The Morgan fingerprint density at radius 2 is 0.531 bits per heavy atom. The largest absolute Gasteiger partial charge is 0.496 e. The lowest BCUT2D eigenvalue weighted by Gasteiger charge is -2.27. The molecule has 0 N–H and O–H groups in total. The van der Waals surface area contributed by atoms with Gasteiger partial charge in [-0.25, -0.2) is 40.2 Å². The molecule has 0 fully saturated rings. The van der Waals surface area contributed by atoms with Crippen molar-refractivity contribution in [3.8, 4) is 34.5 Å². The molecule has 0 unspecified atom stereocenters. The van der Waals surface area contributed by atoms with Crippen LogP contribution in [-0.2, 0) is 123 Å². The van der Waals surface area contributed by atoms with E-state index in [9.17, 15) is 25.3 Å². The molecule has 10 rings (SSSR count). The third-order valence-corrected chi connectivity index (χ3v) is 21.5. The second-order valence-electron chi connectivity index (χ2n) is 27.5. The number of hydrogen-bond donors (Lipinski definition) is 0. The summed E-state index contributed by atoms with van der Waals surface area (Å²) in [6, 6.07) is 21.3. The van der Waals surface area contributed by atoms with E-state index >= 15 is 0 Å². The summed E-state index contributed by atoms with van der Waals surface area (Å²) in [4.78, 5) is 13.2. The van der Waals surface area contributed by atoms with E-state index in [0.717, 1.165) is 16.7 Å². The fourth-order valence-corrected chi connectivity index (χ4v) is 14.8. The summed E-state index contributed by atoms with van der Waals surface area (Å²) < 4.78 is 130. The number of aryl methyl sites for hydroxylation is 3. The van der Waals surface area contributed by atoms with Gasteiger partial charge in [-0.2, -0.15) is 0 Å². The molecule has 510 valence electrons. The lowest BCUT2D eigenvalue weighted by molar-refractivity contribution is 0.286. The van der Waals surface area contributed by atoms with E-state index < -0.39 is 43.4 Å². The Hall–Kier alpha value is -7.53. The van der Waals surface area contributed by atoms with E-state index in [1.807, 2.05) is 89.8 Å². The maximum Gasteiger partial charge on any atom is 0.261 e. The molecule has 3 heterocycles. The predicted molar refractivity (Wildman–Crippen MR) is 373 cm³/mol. The first-order valence-electron chi connectivity index (χ1n) is 31.1. The highest BCUT2D eigenvalue weighted by Gasteiger charge is 2.32. The standard InChI is InChI=1S/C72H81Cl3N6O12S3/c1-70(2,3)55-28-43-22-49-34-58(94(73,82)83)36-51(64(49)88-13)24-45-30-56(71(4,5)6)32-47(68(45)92-41-62-77-17-20-80(62)11)26-53-38-60(96(75,86)87)39-54(66(53)90-15)27-48-33-57(72(7,8)9)31-46(69(48)93-42-63-78-18-21-81(63)12)25-52-37-59(95(74,84)85)35-50(65(52)89-14)23-44(29-55)67(43)91-40-61-76-16-19-79(61)10/h16-21,28-39H,22-27,40-42H2,1-15H3. The van der Waals surface area contributed by atoms with Gasteiger partial charge in [-0.1, -0.05) is 98.7 Å². The zero-order chi connectivity index (χ0) is 69.8. The molecule has 0 saturated heterocycles. The van der Waals surface area contributed by atoms with E-state index in [1.54, 1.807) is 18.6 Å². The van der Waals surface area contributed by atoms with E-state index in [1.165, 1.54) is 57.7 Å². The first kappa shape index (κ1) is 71.2. The Labute approximate surface area is 577 Å². The molecule has 3 aromatic heterocycles. The van der Waals surface area contributed by atoms with Crippen LogP contribution in [0.25, 0.3) is 0 Å². The van der Waals surface area contributed by atoms with Crippen LogP contribution in [0, 0.1) is 0 Å². The van der Waals surface area contributed by atoms with E-state index in [4.69, 9.17) is 60.5 Å². The average molecular weight is 1430 g/mol. The highest BCUT2D eigenvalue weighted by molar-refractivity contribution is 8.14. The van der Waals surface area contributed by atoms with Crippen LogP contribution >= 0.6 is 32.0 Å². The van der Waals surface area contributed by atoms with Crippen LogP contribution in [0.15, 0.2) is 125 Å². The van der Waals surface area contributed by atoms with Crippen LogP contribution < -0.4 is 28.4 Å².